The van der Waals surface area contributed by atoms with Crippen LogP contribution in [-0.2, 0) is 30.5 Å². The molecule has 0 aliphatic carbocycles. The fourth-order valence-electron chi connectivity index (χ4n) is 4.14. The summed E-state index contributed by atoms with van der Waals surface area (Å²) in [6, 6.07) is 16.2. The third-order valence-corrected chi connectivity index (χ3v) is 6.44. The third-order valence-electron chi connectivity index (χ3n) is 6.44. The molecule has 200 valence electrons. The van der Waals surface area contributed by atoms with Gasteiger partial charge in [-0.25, -0.2) is 4.79 Å². The molecule has 9 heteroatoms. The maximum absolute atomic E-state index is 13.2. The number of furan rings is 1. The van der Waals surface area contributed by atoms with E-state index in [1.54, 1.807) is 36.1 Å². The van der Waals surface area contributed by atoms with E-state index in [4.69, 9.17) is 9.15 Å². The van der Waals surface area contributed by atoms with Gasteiger partial charge in [0.05, 0.1) is 19.4 Å². The van der Waals surface area contributed by atoms with Gasteiger partial charge in [0.2, 0.25) is 5.78 Å². The van der Waals surface area contributed by atoms with Crippen molar-refractivity contribution >= 4 is 41.0 Å². The summed E-state index contributed by atoms with van der Waals surface area (Å²) in [5, 5.41) is 5.10. The van der Waals surface area contributed by atoms with Gasteiger partial charge >= 0.3 is 17.8 Å². The summed E-state index contributed by atoms with van der Waals surface area (Å²) in [6.07, 6.45) is 1.53. The number of rotatable bonds is 6. The van der Waals surface area contributed by atoms with Gasteiger partial charge in [0.15, 0.2) is 0 Å². The van der Waals surface area contributed by atoms with Crippen LogP contribution in [0.15, 0.2) is 76.0 Å². The first kappa shape index (κ1) is 27.1. The van der Waals surface area contributed by atoms with E-state index in [1.807, 2.05) is 51.1 Å². The number of hydrogen-bond donors (Lipinski definition) is 2. The highest BCUT2D eigenvalue weighted by molar-refractivity contribution is 6.39. The molecule has 3 aromatic rings. The fourth-order valence-corrected chi connectivity index (χ4v) is 4.14. The van der Waals surface area contributed by atoms with Crippen molar-refractivity contribution in [3.05, 3.63) is 99.8 Å². The Kier molecular flexibility index (Phi) is 7.80. The zero-order chi connectivity index (χ0) is 28.3. The molecule has 39 heavy (non-hydrogen) atoms. The largest absolute Gasteiger partial charge is 0.465 e. The van der Waals surface area contributed by atoms with Crippen LogP contribution < -0.4 is 15.5 Å². The van der Waals surface area contributed by atoms with Gasteiger partial charge in [-0.1, -0.05) is 23.8 Å². The van der Waals surface area contributed by atoms with Gasteiger partial charge in [0, 0.05) is 23.1 Å². The van der Waals surface area contributed by atoms with E-state index in [-0.39, 0.29) is 17.8 Å². The Morgan fingerprint density at radius 3 is 2.31 bits per heavy atom. The minimum absolute atomic E-state index is 0.0390. The van der Waals surface area contributed by atoms with Crippen LogP contribution in [0.25, 0.3) is 6.08 Å². The van der Waals surface area contributed by atoms with Crippen molar-refractivity contribution in [2.75, 3.05) is 17.3 Å². The Balaban J connectivity index is 1.49. The van der Waals surface area contributed by atoms with Gasteiger partial charge in [0.1, 0.15) is 17.1 Å². The van der Waals surface area contributed by atoms with Crippen molar-refractivity contribution < 1.29 is 28.3 Å². The van der Waals surface area contributed by atoms with Crippen LogP contribution in [0.3, 0.4) is 0 Å². The van der Waals surface area contributed by atoms with Gasteiger partial charge < -0.3 is 24.7 Å². The second-order valence-electron chi connectivity index (χ2n) is 9.22. The number of esters is 1. The summed E-state index contributed by atoms with van der Waals surface area (Å²) < 4.78 is 10.6. The number of methoxy groups -OCH3 is 1. The average Bonchev–Trinajstić information content (AvgIpc) is 3.46. The topological polar surface area (TPSA) is 118 Å². The van der Waals surface area contributed by atoms with Gasteiger partial charge in [0.25, 0.3) is 0 Å². The summed E-state index contributed by atoms with van der Waals surface area (Å²) >= 11 is 0. The minimum Gasteiger partial charge on any atom is -0.465 e. The second-order valence-corrected chi connectivity index (χ2v) is 9.22. The number of ketones is 1. The van der Waals surface area contributed by atoms with Crippen LogP contribution in [0.4, 0.5) is 11.4 Å². The molecule has 4 rings (SSSR count). The number of anilines is 2. The number of ether oxygens (including phenoxy) is 1. The smallest absolute Gasteiger partial charge is 0.343 e. The van der Waals surface area contributed by atoms with Crippen LogP contribution >= 0.6 is 0 Å². The molecular weight excluding hydrogens is 498 g/mol. The normalized spacial score (nSPS) is 14.1. The first-order valence-corrected chi connectivity index (χ1v) is 12.3. The zero-order valence-electron chi connectivity index (χ0n) is 22.4. The van der Waals surface area contributed by atoms with E-state index in [0.717, 1.165) is 16.7 Å². The second kappa shape index (κ2) is 11.2. The summed E-state index contributed by atoms with van der Waals surface area (Å²) in [6.45, 7) is 7.47. The number of amides is 2. The predicted octanol–water partition coefficient (Wildman–Crippen LogP) is 4.34. The number of allylic oxidation sites excluding steroid dienone is 2. The summed E-state index contributed by atoms with van der Waals surface area (Å²) in [5.41, 5.74) is 4.95. The Morgan fingerprint density at radius 2 is 1.64 bits per heavy atom. The molecule has 0 saturated heterocycles. The third kappa shape index (κ3) is 5.82. The summed E-state index contributed by atoms with van der Waals surface area (Å²) in [5.74, 6) is -2.12. The zero-order valence-corrected chi connectivity index (χ0v) is 22.4. The fraction of sp³-hybridized carbons (Fsp3) is 0.200. The molecule has 0 bridgehead atoms. The molecule has 1 aromatic heterocycles. The van der Waals surface area contributed by atoms with Gasteiger partial charge in [-0.2, -0.15) is 0 Å². The molecule has 1 aliphatic heterocycles. The number of nitrogens with one attached hydrogen (secondary N) is 2. The Morgan fingerprint density at radius 1 is 0.923 bits per heavy atom. The standard InChI is InChI=1S/C30H29N3O6/c1-17-6-10-22(11-7-17)33-20(4)26(30(37)38-5)27(34)25(33)15-23-12-13-24(39-23)16-31-28(35)29(36)32-21-9-8-18(2)19(3)14-21/h6-15H,16H2,1-5H3,(H,31,35)(H,32,36)/b25-15+. The van der Waals surface area contributed by atoms with E-state index in [2.05, 4.69) is 10.6 Å². The van der Waals surface area contributed by atoms with Crippen molar-refractivity contribution in [1.29, 1.82) is 0 Å². The van der Waals surface area contributed by atoms with Gasteiger partial charge in [-0.15, -0.1) is 0 Å². The van der Waals surface area contributed by atoms with E-state index in [9.17, 15) is 19.2 Å². The van der Waals surface area contributed by atoms with Crippen LogP contribution in [0.2, 0.25) is 0 Å². The molecule has 9 nitrogen and oxygen atoms in total. The van der Waals surface area contributed by atoms with Crippen molar-refractivity contribution in [2.24, 2.45) is 0 Å². The van der Waals surface area contributed by atoms with Crippen LogP contribution in [-0.4, -0.2) is 30.7 Å². The molecule has 2 N–H and O–H groups in total. The van der Waals surface area contributed by atoms with Crippen molar-refractivity contribution in [1.82, 2.24) is 5.32 Å². The molecule has 2 heterocycles. The molecule has 1 aliphatic rings. The lowest BCUT2D eigenvalue weighted by Crippen LogP contribution is -2.34. The SMILES string of the molecule is COC(=O)C1=C(C)N(c2ccc(C)cc2)/C(=C/c2ccc(CNC(=O)C(=O)Nc3ccc(C)c(C)c3)o2)C1=O. The molecule has 0 radical (unpaired) electrons. The van der Waals surface area contributed by atoms with Crippen LogP contribution in [0, 0.1) is 20.8 Å². The quantitative estimate of drug-likeness (QED) is 0.212. The minimum atomic E-state index is -0.816. The lowest BCUT2D eigenvalue weighted by Gasteiger charge is -2.21. The number of benzene rings is 2. The summed E-state index contributed by atoms with van der Waals surface area (Å²) in [7, 11) is 1.23. The van der Waals surface area contributed by atoms with E-state index in [1.165, 1.54) is 13.2 Å². The molecule has 0 unspecified atom stereocenters. The molecule has 0 saturated carbocycles. The highest BCUT2D eigenvalue weighted by Crippen LogP contribution is 2.36. The van der Waals surface area contributed by atoms with Crippen molar-refractivity contribution in [3.63, 3.8) is 0 Å². The lowest BCUT2D eigenvalue weighted by molar-refractivity contribution is -0.137. The number of Topliss-reactive ketones (excluding diaryl/α,β-unsaturated/α-hetero) is 1. The maximum atomic E-state index is 13.2. The monoisotopic (exact) mass is 527 g/mol. The van der Waals surface area contributed by atoms with E-state index < -0.39 is 23.6 Å². The molecule has 2 amide bonds. The lowest BCUT2D eigenvalue weighted by atomic mass is 10.1. The highest BCUT2D eigenvalue weighted by Gasteiger charge is 2.38. The van der Waals surface area contributed by atoms with Gasteiger partial charge in [-0.05, 0) is 75.2 Å². The number of nitrogens with zero attached hydrogens (tertiary/aromatic N) is 1. The predicted molar refractivity (Wildman–Crippen MR) is 146 cm³/mol. The Labute approximate surface area is 226 Å². The van der Waals surface area contributed by atoms with Crippen LogP contribution in [0.1, 0.15) is 35.1 Å². The Bertz CT molecular complexity index is 1530. The van der Waals surface area contributed by atoms with E-state index >= 15 is 0 Å². The van der Waals surface area contributed by atoms with Crippen LogP contribution in [0.5, 0.6) is 0 Å². The molecule has 2 aromatic carbocycles. The molecule has 0 atom stereocenters. The van der Waals surface area contributed by atoms with Crippen molar-refractivity contribution in [3.8, 4) is 0 Å². The number of carbonyl (C=O) groups is 4. The average molecular weight is 528 g/mol. The number of carbonyl (C=O) groups excluding carboxylic acids is 4. The molecular formula is C30H29N3O6. The highest BCUT2D eigenvalue weighted by atomic mass is 16.5. The van der Waals surface area contributed by atoms with Crippen molar-refractivity contribution in [2.45, 2.75) is 34.2 Å². The number of aryl methyl sites for hydroxylation is 3. The summed E-state index contributed by atoms with van der Waals surface area (Å²) in [4.78, 5) is 51.9. The van der Waals surface area contributed by atoms with Gasteiger partial charge in [-0.3, -0.25) is 14.4 Å². The maximum Gasteiger partial charge on any atom is 0.343 e. The first-order chi connectivity index (χ1) is 18.6. The first-order valence-electron chi connectivity index (χ1n) is 12.3. The molecule has 0 spiro atoms. The molecule has 0 fully saturated rings. The number of hydrogen-bond acceptors (Lipinski definition) is 7. The Hall–Kier alpha value is -4.92. The van der Waals surface area contributed by atoms with E-state index in [0.29, 0.717) is 28.6 Å².